The third kappa shape index (κ3) is 3.31. The normalized spacial score (nSPS) is 10.9. The van der Waals surface area contributed by atoms with Gasteiger partial charge < -0.3 is 15.4 Å². The van der Waals surface area contributed by atoms with Crippen LogP contribution in [0.1, 0.15) is 6.42 Å². The topological polar surface area (TPSA) is 86.7 Å². The number of H-pyrrole nitrogens is 1. The van der Waals surface area contributed by atoms with Gasteiger partial charge in [0.2, 0.25) is 0 Å². The van der Waals surface area contributed by atoms with Crippen LogP contribution >= 0.6 is 11.8 Å². The first-order valence-electron chi connectivity index (χ1n) is 5.48. The van der Waals surface area contributed by atoms with Crippen molar-refractivity contribution in [1.29, 1.82) is 0 Å². The van der Waals surface area contributed by atoms with Gasteiger partial charge in [0.15, 0.2) is 11.5 Å². The Balaban J connectivity index is 1.80. The van der Waals surface area contributed by atoms with E-state index in [1.807, 2.05) is 11.8 Å². The molecule has 0 atom stereocenters. The molecule has 0 saturated carbocycles. The molecular formula is C10H15N5OS. The summed E-state index contributed by atoms with van der Waals surface area (Å²) in [7, 11) is 0. The number of fused-ring (bicyclic) bond motifs is 1. The lowest BCUT2D eigenvalue weighted by Gasteiger charge is -2.05. The molecule has 0 aliphatic heterocycles. The highest BCUT2D eigenvalue weighted by Gasteiger charge is 2.04. The molecule has 2 aromatic heterocycles. The lowest BCUT2D eigenvalue weighted by Crippen LogP contribution is -2.07. The monoisotopic (exact) mass is 253 g/mol. The van der Waals surface area contributed by atoms with Crippen molar-refractivity contribution in [1.82, 2.24) is 19.9 Å². The molecule has 0 fully saturated rings. The summed E-state index contributed by atoms with van der Waals surface area (Å²) in [5.74, 6) is 2.76. The second-order valence-electron chi connectivity index (χ2n) is 3.44. The Morgan fingerprint density at radius 1 is 1.29 bits per heavy atom. The van der Waals surface area contributed by atoms with Crippen LogP contribution in [0, 0.1) is 0 Å². The van der Waals surface area contributed by atoms with Crippen LogP contribution in [-0.4, -0.2) is 49.7 Å². The minimum absolute atomic E-state index is 0.265. The number of rotatable bonds is 7. The third-order valence-corrected chi connectivity index (χ3v) is 3.28. The number of nitrogens with one attached hydrogen (secondary N) is 2. The standard InChI is InChI=1S/C10H15N5OS/c16-3-1-4-17-5-2-11-9-8-10(13-6-12-8)15-7-14-9/h6-7,16H,1-5H2,(H2,11,12,13,14,15). The van der Waals surface area contributed by atoms with Gasteiger partial charge in [0.25, 0.3) is 0 Å². The average molecular weight is 253 g/mol. The molecule has 0 radical (unpaired) electrons. The van der Waals surface area contributed by atoms with Gasteiger partial charge in [0.05, 0.1) is 6.33 Å². The zero-order valence-corrected chi connectivity index (χ0v) is 10.2. The van der Waals surface area contributed by atoms with Gasteiger partial charge in [-0.2, -0.15) is 11.8 Å². The Morgan fingerprint density at radius 2 is 2.24 bits per heavy atom. The van der Waals surface area contributed by atoms with Crippen LogP contribution in [0.25, 0.3) is 11.2 Å². The number of aliphatic hydroxyl groups excluding tert-OH is 1. The van der Waals surface area contributed by atoms with Crippen molar-refractivity contribution in [3.05, 3.63) is 12.7 Å². The van der Waals surface area contributed by atoms with Crippen LogP contribution in [-0.2, 0) is 0 Å². The van der Waals surface area contributed by atoms with Gasteiger partial charge in [-0.1, -0.05) is 0 Å². The Labute approximate surface area is 103 Å². The van der Waals surface area contributed by atoms with Crippen LogP contribution in [0.4, 0.5) is 5.82 Å². The molecule has 2 rings (SSSR count). The molecule has 0 bridgehead atoms. The third-order valence-electron chi connectivity index (χ3n) is 2.21. The van der Waals surface area contributed by atoms with Gasteiger partial charge in [-0.15, -0.1) is 0 Å². The fourth-order valence-corrected chi connectivity index (χ4v) is 2.19. The number of hydrogen-bond donors (Lipinski definition) is 3. The predicted molar refractivity (Wildman–Crippen MR) is 69.2 cm³/mol. The highest BCUT2D eigenvalue weighted by atomic mass is 32.2. The zero-order chi connectivity index (χ0) is 11.9. The second kappa shape index (κ2) is 6.41. The van der Waals surface area contributed by atoms with Crippen molar-refractivity contribution in [3.63, 3.8) is 0 Å². The molecule has 6 nitrogen and oxygen atoms in total. The fraction of sp³-hybridized carbons (Fsp3) is 0.500. The summed E-state index contributed by atoms with van der Waals surface area (Å²) in [6.07, 6.45) is 3.97. The summed E-state index contributed by atoms with van der Waals surface area (Å²) in [6, 6.07) is 0. The number of aromatic nitrogens is 4. The number of thioether (sulfide) groups is 1. The van der Waals surface area contributed by atoms with Crippen molar-refractivity contribution in [2.24, 2.45) is 0 Å². The van der Waals surface area contributed by atoms with Gasteiger partial charge >= 0.3 is 0 Å². The summed E-state index contributed by atoms with van der Waals surface area (Å²) >= 11 is 1.81. The highest BCUT2D eigenvalue weighted by molar-refractivity contribution is 7.99. The van der Waals surface area contributed by atoms with Crippen molar-refractivity contribution in [2.45, 2.75) is 6.42 Å². The molecule has 0 spiro atoms. The van der Waals surface area contributed by atoms with E-state index in [0.29, 0.717) is 5.65 Å². The summed E-state index contributed by atoms with van der Waals surface area (Å²) < 4.78 is 0. The van der Waals surface area contributed by atoms with Crippen LogP contribution in [0.5, 0.6) is 0 Å². The van der Waals surface area contributed by atoms with Gasteiger partial charge in [0.1, 0.15) is 11.8 Å². The van der Waals surface area contributed by atoms with Gasteiger partial charge in [-0.05, 0) is 12.2 Å². The molecule has 92 valence electrons. The molecule has 0 amide bonds. The maximum absolute atomic E-state index is 8.64. The first-order chi connectivity index (χ1) is 8.42. The maximum atomic E-state index is 8.64. The first-order valence-corrected chi connectivity index (χ1v) is 6.64. The predicted octanol–water partition coefficient (Wildman–Crippen LogP) is 0.880. The van der Waals surface area contributed by atoms with E-state index in [0.717, 1.165) is 35.8 Å². The van der Waals surface area contributed by atoms with Crippen molar-refractivity contribution in [3.8, 4) is 0 Å². The zero-order valence-electron chi connectivity index (χ0n) is 9.39. The summed E-state index contributed by atoms with van der Waals surface area (Å²) in [6.45, 7) is 1.10. The molecule has 0 aliphatic rings. The molecule has 2 aromatic rings. The largest absolute Gasteiger partial charge is 0.396 e. The summed E-state index contributed by atoms with van der Waals surface area (Å²) in [5, 5.41) is 11.9. The summed E-state index contributed by atoms with van der Waals surface area (Å²) in [4.78, 5) is 15.3. The smallest absolute Gasteiger partial charge is 0.182 e. The quantitative estimate of drug-likeness (QED) is 0.635. The number of hydrogen-bond acceptors (Lipinski definition) is 6. The van der Waals surface area contributed by atoms with E-state index in [1.165, 1.54) is 6.33 Å². The number of aliphatic hydroxyl groups is 1. The summed E-state index contributed by atoms with van der Waals surface area (Å²) in [5.41, 5.74) is 1.52. The molecular weight excluding hydrogens is 238 g/mol. The second-order valence-corrected chi connectivity index (χ2v) is 4.66. The minimum Gasteiger partial charge on any atom is -0.396 e. The number of imidazole rings is 1. The molecule has 2 heterocycles. The van der Waals surface area contributed by atoms with Gasteiger partial charge in [0, 0.05) is 18.9 Å². The van der Waals surface area contributed by atoms with E-state index in [2.05, 4.69) is 25.3 Å². The SMILES string of the molecule is OCCCSCCNc1ncnc2nc[nH]c12. The molecule has 0 saturated heterocycles. The molecule has 7 heteroatoms. The molecule has 0 unspecified atom stereocenters. The van der Waals surface area contributed by atoms with Gasteiger partial charge in [-0.25, -0.2) is 15.0 Å². The van der Waals surface area contributed by atoms with E-state index < -0.39 is 0 Å². The average Bonchev–Trinajstić information content (AvgIpc) is 2.82. The minimum atomic E-state index is 0.265. The molecule has 17 heavy (non-hydrogen) atoms. The first kappa shape index (κ1) is 12.1. The van der Waals surface area contributed by atoms with E-state index in [4.69, 9.17) is 5.11 Å². The van der Waals surface area contributed by atoms with E-state index in [9.17, 15) is 0 Å². The number of nitrogens with zero attached hydrogens (tertiary/aromatic N) is 3. The molecule has 0 aliphatic carbocycles. The maximum Gasteiger partial charge on any atom is 0.182 e. The lowest BCUT2D eigenvalue weighted by atomic mass is 10.5. The van der Waals surface area contributed by atoms with E-state index in [1.54, 1.807) is 6.33 Å². The van der Waals surface area contributed by atoms with Crippen LogP contribution in [0.15, 0.2) is 12.7 Å². The van der Waals surface area contributed by atoms with Crippen LogP contribution in [0.2, 0.25) is 0 Å². The Kier molecular flexibility index (Phi) is 4.57. The highest BCUT2D eigenvalue weighted by Crippen LogP contribution is 2.14. The fourth-order valence-electron chi connectivity index (χ4n) is 1.41. The molecule has 0 aromatic carbocycles. The van der Waals surface area contributed by atoms with Crippen molar-refractivity contribution < 1.29 is 5.11 Å². The molecule has 3 N–H and O–H groups in total. The number of anilines is 1. The van der Waals surface area contributed by atoms with Crippen LogP contribution < -0.4 is 5.32 Å². The van der Waals surface area contributed by atoms with Crippen molar-refractivity contribution >= 4 is 28.7 Å². The Bertz CT molecular complexity index is 461. The van der Waals surface area contributed by atoms with E-state index in [-0.39, 0.29) is 6.61 Å². The van der Waals surface area contributed by atoms with Crippen LogP contribution in [0.3, 0.4) is 0 Å². The Morgan fingerprint density at radius 3 is 3.12 bits per heavy atom. The van der Waals surface area contributed by atoms with Crippen molar-refractivity contribution in [2.75, 3.05) is 30.0 Å². The van der Waals surface area contributed by atoms with E-state index >= 15 is 0 Å². The number of aromatic amines is 1. The van der Waals surface area contributed by atoms with Gasteiger partial charge in [-0.3, -0.25) is 0 Å². The lowest BCUT2D eigenvalue weighted by molar-refractivity contribution is 0.296. The Hall–Kier alpha value is -1.34.